The lowest BCUT2D eigenvalue weighted by atomic mass is 10.0. The molecule has 0 radical (unpaired) electrons. The molecule has 0 saturated carbocycles. The van der Waals surface area contributed by atoms with E-state index >= 15 is 0 Å². The Morgan fingerprint density at radius 1 is 0.917 bits per heavy atom. The number of benzene rings is 1. The first-order valence-electron chi connectivity index (χ1n) is 9.19. The normalized spacial score (nSPS) is 13.4. The molecular weight excluding hydrogens is 292 g/mol. The molecule has 1 unspecified atom stereocenters. The lowest BCUT2D eigenvalue weighted by Crippen LogP contribution is -2.23. The minimum absolute atomic E-state index is 0.348. The van der Waals surface area contributed by atoms with Crippen molar-refractivity contribution in [3.63, 3.8) is 0 Å². The molecule has 0 aromatic heterocycles. The summed E-state index contributed by atoms with van der Waals surface area (Å²) in [5, 5.41) is 7.26. The molecule has 1 atom stereocenters. The fraction of sp³-hybridized carbons (Fsp3) is 0.545. The van der Waals surface area contributed by atoms with E-state index in [0.29, 0.717) is 23.8 Å². The topological polar surface area (TPSA) is 24.1 Å². The molecule has 1 aromatic rings. The summed E-state index contributed by atoms with van der Waals surface area (Å²) < 4.78 is 0. The maximum absolute atomic E-state index is 3.66. The van der Waals surface area contributed by atoms with Gasteiger partial charge >= 0.3 is 0 Å². The first kappa shape index (κ1) is 20.3. The summed E-state index contributed by atoms with van der Waals surface area (Å²) in [6.45, 7) is 17.7. The lowest BCUT2D eigenvalue weighted by Gasteiger charge is -2.22. The third-order valence-electron chi connectivity index (χ3n) is 3.85. The molecule has 1 rings (SSSR count). The fourth-order valence-corrected chi connectivity index (χ4v) is 2.54. The van der Waals surface area contributed by atoms with Crippen LogP contribution in [0.15, 0.2) is 47.7 Å². The Morgan fingerprint density at radius 3 is 2.04 bits per heavy atom. The van der Waals surface area contributed by atoms with Gasteiger partial charge in [-0.15, -0.1) is 0 Å². The molecule has 2 N–H and O–H groups in total. The Morgan fingerprint density at radius 2 is 1.54 bits per heavy atom. The molecule has 0 bridgehead atoms. The standard InChI is InChI=1S/C22H36N2/c1-15(2)12-21(17(5)6)23-19-10-9-11-20(14-19)24-22(18(7)8)13-16(3)4/h9-15,17-18,22-24H,1-8H3/b21-12-. The Balaban J connectivity index is 2.95. The Labute approximate surface area is 149 Å². The van der Waals surface area contributed by atoms with E-state index in [2.05, 4.69) is 102 Å². The molecule has 134 valence electrons. The minimum atomic E-state index is 0.348. The van der Waals surface area contributed by atoms with Crippen LogP contribution in [0.4, 0.5) is 11.4 Å². The van der Waals surface area contributed by atoms with Crippen LogP contribution in [-0.4, -0.2) is 6.04 Å². The van der Waals surface area contributed by atoms with E-state index in [-0.39, 0.29) is 0 Å². The zero-order chi connectivity index (χ0) is 18.3. The monoisotopic (exact) mass is 328 g/mol. The third-order valence-corrected chi connectivity index (χ3v) is 3.85. The van der Waals surface area contributed by atoms with Gasteiger partial charge in [0.1, 0.15) is 0 Å². The summed E-state index contributed by atoms with van der Waals surface area (Å²) in [6, 6.07) is 8.93. The Kier molecular flexibility index (Phi) is 8.10. The number of allylic oxidation sites excluding steroid dienone is 3. The first-order chi connectivity index (χ1) is 11.2. The van der Waals surface area contributed by atoms with Crippen LogP contribution in [0.1, 0.15) is 55.4 Å². The first-order valence-corrected chi connectivity index (χ1v) is 9.19. The Bertz CT molecular complexity index is 561. The largest absolute Gasteiger partial charge is 0.379 e. The SMILES string of the molecule is CC(C)=CC(Nc1cccc(N/C(=C\C(C)C)C(C)C)c1)C(C)C. The zero-order valence-corrected chi connectivity index (χ0v) is 16.8. The van der Waals surface area contributed by atoms with E-state index in [9.17, 15) is 0 Å². The number of rotatable bonds is 8. The van der Waals surface area contributed by atoms with Gasteiger partial charge < -0.3 is 10.6 Å². The molecular formula is C22H36N2. The van der Waals surface area contributed by atoms with Crippen molar-refractivity contribution in [2.24, 2.45) is 17.8 Å². The second-order valence-corrected chi connectivity index (χ2v) is 7.88. The maximum atomic E-state index is 3.66. The number of nitrogens with one attached hydrogen (secondary N) is 2. The highest BCUT2D eigenvalue weighted by atomic mass is 14.9. The molecule has 0 aliphatic heterocycles. The van der Waals surface area contributed by atoms with E-state index in [1.807, 2.05) is 0 Å². The molecule has 0 amide bonds. The van der Waals surface area contributed by atoms with Gasteiger partial charge in [0.2, 0.25) is 0 Å². The van der Waals surface area contributed by atoms with Crippen molar-refractivity contribution >= 4 is 11.4 Å². The second-order valence-electron chi connectivity index (χ2n) is 7.88. The van der Waals surface area contributed by atoms with Gasteiger partial charge in [-0.25, -0.2) is 0 Å². The summed E-state index contributed by atoms with van der Waals surface area (Å²) in [6.07, 6.45) is 4.62. The van der Waals surface area contributed by atoms with Gasteiger partial charge in [-0.1, -0.05) is 65.3 Å². The van der Waals surface area contributed by atoms with Crippen LogP contribution in [-0.2, 0) is 0 Å². The highest BCUT2D eigenvalue weighted by Crippen LogP contribution is 2.22. The van der Waals surface area contributed by atoms with Gasteiger partial charge in [-0.2, -0.15) is 0 Å². The lowest BCUT2D eigenvalue weighted by molar-refractivity contribution is 0.598. The number of hydrogen-bond acceptors (Lipinski definition) is 2. The molecule has 2 nitrogen and oxygen atoms in total. The predicted octanol–water partition coefficient (Wildman–Crippen LogP) is 6.70. The number of hydrogen-bond donors (Lipinski definition) is 2. The summed E-state index contributed by atoms with van der Waals surface area (Å²) >= 11 is 0. The van der Waals surface area contributed by atoms with Crippen molar-refractivity contribution < 1.29 is 0 Å². The third kappa shape index (κ3) is 7.25. The average Bonchev–Trinajstić information content (AvgIpc) is 2.45. The van der Waals surface area contributed by atoms with E-state index < -0.39 is 0 Å². The van der Waals surface area contributed by atoms with Crippen molar-refractivity contribution in [3.8, 4) is 0 Å². The predicted molar refractivity (Wildman–Crippen MR) is 110 cm³/mol. The summed E-state index contributed by atoms with van der Waals surface area (Å²) in [4.78, 5) is 0. The van der Waals surface area contributed by atoms with E-state index in [0.717, 1.165) is 11.4 Å². The van der Waals surface area contributed by atoms with Crippen molar-refractivity contribution in [2.75, 3.05) is 10.6 Å². The molecule has 0 heterocycles. The van der Waals surface area contributed by atoms with Crippen molar-refractivity contribution in [2.45, 2.75) is 61.4 Å². The van der Waals surface area contributed by atoms with Crippen molar-refractivity contribution in [1.82, 2.24) is 0 Å². The molecule has 0 spiro atoms. The molecule has 0 saturated heterocycles. The van der Waals surface area contributed by atoms with Crippen LogP contribution < -0.4 is 10.6 Å². The Hall–Kier alpha value is -1.70. The highest BCUT2D eigenvalue weighted by Gasteiger charge is 2.11. The molecule has 0 aliphatic carbocycles. The van der Waals surface area contributed by atoms with Gasteiger partial charge in [0.15, 0.2) is 0 Å². The second kappa shape index (κ2) is 9.56. The quantitative estimate of drug-likeness (QED) is 0.519. The van der Waals surface area contributed by atoms with Crippen LogP contribution in [0, 0.1) is 17.8 Å². The molecule has 24 heavy (non-hydrogen) atoms. The number of anilines is 2. The summed E-state index contributed by atoms with van der Waals surface area (Å²) in [7, 11) is 0. The highest BCUT2D eigenvalue weighted by molar-refractivity contribution is 5.59. The average molecular weight is 329 g/mol. The van der Waals surface area contributed by atoms with Crippen LogP contribution in [0.2, 0.25) is 0 Å². The molecule has 0 aliphatic rings. The molecule has 1 aromatic carbocycles. The van der Waals surface area contributed by atoms with Crippen LogP contribution in [0.25, 0.3) is 0 Å². The molecule has 0 fully saturated rings. The van der Waals surface area contributed by atoms with Gasteiger partial charge in [0.05, 0.1) is 0 Å². The van der Waals surface area contributed by atoms with Gasteiger partial charge in [0.25, 0.3) is 0 Å². The fourth-order valence-electron chi connectivity index (χ4n) is 2.54. The maximum Gasteiger partial charge on any atom is 0.0469 e. The van der Waals surface area contributed by atoms with Crippen molar-refractivity contribution in [1.29, 1.82) is 0 Å². The summed E-state index contributed by atoms with van der Waals surface area (Å²) in [5.74, 6) is 1.57. The van der Waals surface area contributed by atoms with Gasteiger partial charge in [-0.05, 0) is 49.8 Å². The summed E-state index contributed by atoms with van der Waals surface area (Å²) in [5.41, 5.74) is 4.92. The van der Waals surface area contributed by atoms with Crippen LogP contribution in [0.5, 0.6) is 0 Å². The van der Waals surface area contributed by atoms with Crippen LogP contribution >= 0.6 is 0 Å². The van der Waals surface area contributed by atoms with E-state index in [4.69, 9.17) is 0 Å². The van der Waals surface area contributed by atoms with Crippen LogP contribution in [0.3, 0.4) is 0 Å². The molecule has 2 heteroatoms. The van der Waals surface area contributed by atoms with Gasteiger partial charge in [0, 0.05) is 23.1 Å². The smallest absolute Gasteiger partial charge is 0.0469 e. The van der Waals surface area contributed by atoms with E-state index in [1.54, 1.807) is 0 Å². The zero-order valence-electron chi connectivity index (χ0n) is 16.8. The van der Waals surface area contributed by atoms with Gasteiger partial charge in [-0.3, -0.25) is 0 Å². The van der Waals surface area contributed by atoms with E-state index in [1.165, 1.54) is 11.3 Å². The minimum Gasteiger partial charge on any atom is -0.379 e. The van der Waals surface area contributed by atoms with Crippen molar-refractivity contribution in [3.05, 3.63) is 47.7 Å².